The summed E-state index contributed by atoms with van der Waals surface area (Å²) in [6, 6.07) is 18.1. The maximum Gasteiger partial charge on any atom is 0.157 e. The Labute approximate surface area is 157 Å². The highest BCUT2D eigenvalue weighted by molar-refractivity contribution is 5.87. The number of anilines is 2. The second kappa shape index (κ2) is 6.65. The molecule has 0 spiro atoms. The van der Waals surface area contributed by atoms with Gasteiger partial charge in [-0.05, 0) is 60.9 Å². The van der Waals surface area contributed by atoms with Crippen LogP contribution in [0, 0.1) is 18.3 Å². The third kappa shape index (κ3) is 2.67. The van der Waals surface area contributed by atoms with E-state index in [-0.39, 0.29) is 0 Å². The van der Waals surface area contributed by atoms with Crippen LogP contribution in [0.5, 0.6) is 5.75 Å². The van der Waals surface area contributed by atoms with Crippen molar-refractivity contribution in [2.24, 2.45) is 0 Å². The number of methoxy groups -OCH3 is 1. The normalized spacial score (nSPS) is 10.9. The number of benzene rings is 2. The average Bonchev–Trinajstić information content (AvgIpc) is 3.08. The van der Waals surface area contributed by atoms with Gasteiger partial charge in [-0.15, -0.1) is 0 Å². The lowest BCUT2D eigenvalue weighted by Gasteiger charge is -2.18. The minimum atomic E-state index is 0.628. The zero-order chi connectivity index (χ0) is 19.0. The van der Waals surface area contributed by atoms with Gasteiger partial charge in [0.1, 0.15) is 17.6 Å². The molecular formula is C22H20N4O. The highest BCUT2D eigenvalue weighted by Gasteiger charge is 2.19. The quantitative estimate of drug-likeness (QED) is 0.560. The largest absolute Gasteiger partial charge is 0.497 e. The van der Waals surface area contributed by atoms with Gasteiger partial charge in [0, 0.05) is 5.69 Å². The van der Waals surface area contributed by atoms with Gasteiger partial charge in [-0.3, -0.25) is 4.40 Å². The molecule has 0 aliphatic carbocycles. The van der Waals surface area contributed by atoms with Crippen molar-refractivity contribution < 1.29 is 4.74 Å². The van der Waals surface area contributed by atoms with E-state index >= 15 is 0 Å². The summed E-state index contributed by atoms with van der Waals surface area (Å²) in [6.07, 6.45) is 0.807. The van der Waals surface area contributed by atoms with Gasteiger partial charge in [0.15, 0.2) is 5.65 Å². The number of hydrogen-bond acceptors (Lipinski definition) is 4. The molecule has 134 valence electrons. The van der Waals surface area contributed by atoms with Gasteiger partial charge in [-0.2, -0.15) is 5.26 Å². The molecule has 4 rings (SSSR count). The number of nitrogens with zero attached hydrogens (tertiary/aromatic N) is 3. The Morgan fingerprint density at radius 1 is 1.15 bits per heavy atom. The summed E-state index contributed by atoms with van der Waals surface area (Å²) < 4.78 is 7.31. The molecule has 5 nitrogen and oxygen atoms in total. The Kier molecular flexibility index (Phi) is 4.17. The molecule has 5 heteroatoms. The molecule has 27 heavy (non-hydrogen) atoms. The highest BCUT2D eigenvalue weighted by atomic mass is 16.5. The fourth-order valence-electron chi connectivity index (χ4n) is 3.56. The first-order valence-corrected chi connectivity index (χ1v) is 8.91. The van der Waals surface area contributed by atoms with Gasteiger partial charge in [0.2, 0.25) is 0 Å². The number of para-hydroxylation sites is 2. The molecule has 1 N–H and O–H groups in total. The zero-order valence-corrected chi connectivity index (χ0v) is 15.6. The number of ether oxygens (including phenoxy) is 1. The lowest BCUT2D eigenvalue weighted by Crippen LogP contribution is -2.07. The van der Waals surface area contributed by atoms with Crippen molar-refractivity contribution in [1.29, 1.82) is 5.26 Å². The lowest BCUT2D eigenvalue weighted by atomic mass is 10.0. The van der Waals surface area contributed by atoms with E-state index in [1.165, 1.54) is 0 Å². The third-order valence-corrected chi connectivity index (χ3v) is 4.94. The smallest absolute Gasteiger partial charge is 0.157 e. The fourth-order valence-corrected chi connectivity index (χ4v) is 3.56. The highest BCUT2D eigenvalue weighted by Crippen LogP contribution is 2.33. The van der Waals surface area contributed by atoms with Gasteiger partial charge >= 0.3 is 0 Å². The monoisotopic (exact) mass is 356 g/mol. The van der Waals surface area contributed by atoms with Gasteiger partial charge < -0.3 is 10.1 Å². The average molecular weight is 356 g/mol. The molecule has 2 aromatic heterocycles. The second-order valence-electron chi connectivity index (χ2n) is 6.41. The number of aromatic nitrogens is 2. The third-order valence-electron chi connectivity index (χ3n) is 4.94. The standard InChI is InChI=1S/C22H20N4O/c1-4-17-14(2)18(13-23)22-25-19-7-5-6-8-20(19)26(22)21(17)24-15-9-11-16(27-3)12-10-15/h5-12,24H,4H2,1-3H3. The number of hydrogen-bond donors (Lipinski definition) is 1. The Bertz CT molecular complexity index is 1180. The van der Waals surface area contributed by atoms with E-state index in [0.717, 1.165) is 45.8 Å². The molecule has 0 fully saturated rings. The molecule has 0 bridgehead atoms. The van der Waals surface area contributed by atoms with Crippen LogP contribution in [0.3, 0.4) is 0 Å². The molecule has 0 amide bonds. The second-order valence-corrected chi connectivity index (χ2v) is 6.41. The maximum atomic E-state index is 9.76. The number of rotatable bonds is 4. The van der Waals surface area contributed by atoms with Crippen LogP contribution in [0.1, 0.15) is 23.6 Å². The molecule has 0 atom stereocenters. The number of nitrogens with one attached hydrogen (secondary N) is 1. The van der Waals surface area contributed by atoms with Crippen molar-refractivity contribution in [3.63, 3.8) is 0 Å². The molecule has 2 aromatic carbocycles. The van der Waals surface area contributed by atoms with E-state index in [2.05, 4.69) is 22.7 Å². The lowest BCUT2D eigenvalue weighted by molar-refractivity contribution is 0.415. The molecular weight excluding hydrogens is 336 g/mol. The summed E-state index contributed by atoms with van der Waals surface area (Å²) in [5.41, 5.74) is 6.20. The van der Waals surface area contributed by atoms with Crippen molar-refractivity contribution in [2.45, 2.75) is 20.3 Å². The predicted molar refractivity (Wildman–Crippen MR) is 108 cm³/mol. The molecule has 0 unspecified atom stereocenters. The van der Waals surface area contributed by atoms with Crippen LogP contribution in [0.15, 0.2) is 48.5 Å². The Hall–Kier alpha value is -3.52. The minimum absolute atomic E-state index is 0.628. The molecule has 0 aliphatic heterocycles. The first-order chi connectivity index (χ1) is 13.2. The number of nitriles is 1. The van der Waals surface area contributed by atoms with E-state index in [9.17, 15) is 5.26 Å². The van der Waals surface area contributed by atoms with E-state index in [4.69, 9.17) is 9.72 Å². The molecule has 0 aliphatic rings. The first-order valence-electron chi connectivity index (χ1n) is 8.91. The van der Waals surface area contributed by atoms with E-state index in [0.29, 0.717) is 11.2 Å². The zero-order valence-electron chi connectivity index (χ0n) is 15.6. The number of imidazole rings is 1. The molecule has 0 saturated carbocycles. The summed E-state index contributed by atoms with van der Waals surface area (Å²) in [7, 11) is 1.66. The first kappa shape index (κ1) is 16.9. The van der Waals surface area contributed by atoms with Gasteiger partial charge in [0.05, 0.1) is 23.7 Å². The van der Waals surface area contributed by atoms with E-state index in [1.807, 2.05) is 55.5 Å². The topological polar surface area (TPSA) is 62.4 Å². The van der Waals surface area contributed by atoms with Gasteiger partial charge in [0.25, 0.3) is 0 Å². The van der Waals surface area contributed by atoms with E-state index < -0.39 is 0 Å². The van der Waals surface area contributed by atoms with Crippen LogP contribution in [-0.4, -0.2) is 16.5 Å². The van der Waals surface area contributed by atoms with Crippen molar-refractivity contribution in [3.8, 4) is 11.8 Å². The Balaban J connectivity index is 2.03. The van der Waals surface area contributed by atoms with Crippen molar-refractivity contribution >= 4 is 28.2 Å². The van der Waals surface area contributed by atoms with Crippen molar-refractivity contribution in [3.05, 3.63) is 65.2 Å². The van der Waals surface area contributed by atoms with Crippen LogP contribution in [0.4, 0.5) is 11.5 Å². The predicted octanol–water partition coefficient (Wildman–Crippen LogP) is 4.98. The minimum Gasteiger partial charge on any atom is -0.497 e. The van der Waals surface area contributed by atoms with Crippen LogP contribution in [-0.2, 0) is 6.42 Å². The summed E-state index contributed by atoms with van der Waals surface area (Å²) in [5.74, 6) is 1.76. The van der Waals surface area contributed by atoms with Crippen LogP contribution >= 0.6 is 0 Å². The molecule has 0 saturated heterocycles. The summed E-state index contributed by atoms with van der Waals surface area (Å²) in [4.78, 5) is 4.73. The Morgan fingerprint density at radius 3 is 2.56 bits per heavy atom. The summed E-state index contributed by atoms with van der Waals surface area (Å²) in [5, 5.41) is 13.3. The summed E-state index contributed by atoms with van der Waals surface area (Å²) >= 11 is 0. The fraction of sp³-hybridized carbons (Fsp3) is 0.182. The van der Waals surface area contributed by atoms with Crippen molar-refractivity contribution in [2.75, 3.05) is 12.4 Å². The van der Waals surface area contributed by atoms with E-state index in [1.54, 1.807) is 7.11 Å². The summed E-state index contributed by atoms with van der Waals surface area (Å²) in [6.45, 7) is 4.10. The number of pyridine rings is 1. The molecule has 2 heterocycles. The van der Waals surface area contributed by atoms with Gasteiger partial charge in [-0.1, -0.05) is 19.1 Å². The molecule has 0 radical (unpaired) electrons. The van der Waals surface area contributed by atoms with Crippen molar-refractivity contribution in [1.82, 2.24) is 9.38 Å². The molecule has 4 aromatic rings. The van der Waals surface area contributed by atoms with Gasteiger partial charge in [-0.25, -0.2) is 4.98 Å². The van der Waals surface area contributed by atoms with Crippen LogP contribution in [0.2, 0.25) is 0 Å². The van der Waals surface area contributed by atoms with Crippen LogP contribution < -0.4 is 10.1 Å². The number of fused-ring (bicyclic) bond motifs is 3. The Morgan fingerprint density at radius 2 is 1.89 bits per heavy atom. The van der Waals surface area contributed by atoms with Crippen LogP contribution in [0.25, 0.3) is 16.7 Å². The maximum absolute atomic E-state index is 9.76. The SMILES string of the molecule is CCc1c(C)c(C#N)c2nc3ccccc3n2c1Nc1ccc(OC)cc1.